The molecule has 21 heavy (non-hydrogen) atoms. The summed E-state index contributed by atoms with van der Waals surface area (Å²) in [7, 11) is 0. The smallest absolute Gasteiger partial charge is 0.163 e. The molecule has 3 aromatic rings. The van der Waals surface area contributed by atoms with E-state index in [1.54, 1.807) is 19.4 Å². The summed E-state index contributed by atoms with van der Waals surface area (Å²) < 4.78 is 7.82. The quantitative estimate of drug-likeness (QED) is 0.686. The predicted octanol–water partition coefficient (Wildman–Crippen LogP) is 3.62. The molecule has 0 bridgehead atoms. The summed E-state index contributed by atoms with van der Waals surface area (Å²) in [6.07, 6.45) is 5.38. The zero-order valence-electron chi connectivity index (χ0n) is 12.0. The van der Waals surface area contributed by atoms with Crippen molar-refractivity contribution in [2.45, 2.75) is 19.9 Å². The van der Waals surface area contributed by atoms with Gasteiger partial charge < -0.3 is 8.98 Å². The van der Waals surface area contributed by atoms with Crippen molar-refractivity contribution in [3.63, 3.8) is 0 Å². The zero-order chi connectivity index (χ0) is 14.8. The summed E-state index contributed by atoms with van der Waals surface area (Å²) in [6, 6.07) is 11.7. The van der Waals surface area contributed by atoms with Crippen LogP contribution in [0.3, 0.4) is 0 Å². The van der Waals surface area contributed by atoms with Gasteiger partial charge in [-0.3, -0.25) is 4.79 Å². The fraction of sp³-hybridized carbons (Fsp3) is 0.176. The van der Waals surface area contributed by atoms with Gasteiger partial charge in [0.05, 0.1) is 11.9 Å². The fourth-order valence-electron chi connectivity index (χ4n) is 2.53. The molecular formula is C17H16N2O2. The Labute approximate surface area is 123 Å². The van der Waals surface area contributed by atoms with Crippen molar-refractivity contribution in [1.29, 1.82) is 0 Å². The number of aryl methyl sites for hydroxylation is 1. The number of aromatic nitrogens is 2. The average Bonchev–Trinajstić information content (AvgIpc) is 3.11. The lowest BCUT2D eigenvalue weighted by atomic mass is 10.0. The molecule has 0 aliphatic carbocycles. The van der Waals surface area contributed by atoms with Crippen molar-refractivity contribution in [3.05, 3.63) is 77.8 Å². The number of Topliss-reactive ketones (excluding diaryl/α,β-unsaturated/α-hetero) is 1. The maximum Gasteiger partial charge on any atom is 0.163 e. The van der Waals surface area contributed by atoms with Crippen LogP contribution in [0.1, 0.15) is 40.4 Å². The highest BCUT2D eigenvalue weighted by Crippen LogP contribution is 2.29. The first-order valence-electron chi connectivity index (χ1n) is 6.80. The molecule has 0 radical (unpaired) electrons. The van der Waals surface area contributed by atoms with Crippen LogP contribution in [0.15, 0.2) is 59.5 Å². The lowest BCUT2D eigenvalue weighted by Gasteiger charge is -2.16. The molecule has 0 saturated heterocycles. The van der Waals surface area contributed by atoms with E-state index < -0.39 is 0 Å². The second kappa shape index (κ2) is 5.40. The molecule has 0 aliphatic rings. The molecule has 106 valence electrons. The number of imidazole rings is 1. The van der Waals surface area contributed by atoms with E-state index in [1.165, 1.54) is 0 Å². The minimum absolute atomic E-state index is 0.0138. The van der Waals surface area contributed by atoms with E-state index in [0.717, 1.165) is 11.3 Å². The van der Waals surface area contributed by atoms with E-state index in [0.29, 0.717) is 11.3 Å². The molecule has 4 heteroatoms. The summed E-state index contributed by atoms with van der Waals surface area (Å²) >= 11 is 0. The van der Waals surface area contributed by atoms with Crippen LogP contribution < -0.4 is 0 Å². The Morgan fingerprint density at radius 1 is 1.29 bits per heavy atom. The molecule has 1 unspecified atom stereocenters. The van der Waals surface area contributed by atoms with Crippen molar-refractivity contribution in [3.8, 4) is 0 Å². The topological polar surface area (TPSA) is 48.0 Å². The number of ketones is 1. The summed E-state index contributed by atoms with van der Waals surface area (Å²) in [4.78, 5) is 15.8. The Hall–Kier alpha value is -2.62. The van der Waals surface area contributed by atoms with Crippen LogP contribution in [-0.2, 0) is 0 Å². The average molecular weight is 280 g/mol. The molecule has 2 heterocycles. The van der Waals surface area contributed by atoms with E-state index in [2.05, 4.69) is 4.98 Å². The van der Waals surface area contributed by atoms with Gasteiger partial charge in [-0.15, -0.1) is 0 Å². The van der Waals surface area contributed by atoms with Crippen LogP contribution >= 0.6 is 0 Å². The highest BCUT2D eigenvalue weighted by Gasteiger charge is 2.22. The van der Waals surface area contributed by atoms with Gasteiger partial charge in [-0.2, -0.15) is 0 Å². The third-order valence-corrected chi connectivity index (χ3v) is 3.52. The third kappa shape index (κ3) is 2.52. The number of rotatable bonds is 4. The molecular weight excluding hydrogens is 264 g/mol. The number of hydrogen-bond acceptors (Lipinski definition) is 3. The van der Waals surface area contributed by atoms with Gasteiger partial charge in [-0.25, -0.2) is 4.98 Å². The highest BCUT2D eigenvalue weighted by molar-refractivity contribution is 5.95. The summed E-state index contributed by atoms with van der Waals surface area (Å²) in [5, 5.41) is 0. The number of carbonyl (C=O) groups is 1. The lowest BCUT2D eigenvalue weighted by molar-refractivity contribution is 0.101. The normalized spacial score (nSPS) is 12.3. The number of furan rings is 1. The zero-order valence-corrected chi connectivity index (χ0v) is 12.0. The number of nitrogens with zero attached hydrogens (tertiary/aromatic N) is 2. The van der Waals surface area contributed by atoms with Gasteiger partial charge in [0.25, 0.3) is 0 Å². The molecule has 2 aromatic heterocycles. The second-order valence-corrected chi connectivity index (χ2v) is 5.00. The van der Waals surface area contributed by atoms with Gasteiger partial charge in [-0.05, 0) is 25.5 Å². The summed E-state index contributed by atoms with van der Waals surface area (Å²) in [5.74, 6) is 1.40. The van der Waals surface area contributed by atoms with E-state index in [1.807, 2.05) is 54.1 Å². The van der Waals surface area contributed by atoms with Crippen LogP contribution in [0, 0.1) is 6.92 Å². The summed E-state index contributed by atoms with van der Waals surface area (Å²) in [6.45, 7) is 3.37. The molecule has 1 aromatic carbocycles. The first-order valence-corrected chi connectivity index (χ1v) is 6.80. The first-order chi connectivity index (χ1) is 10.2. The number of hydrogen-bond donors (Lipinski definition) is 0. The van der Waals surface area contributed by atoms with Crippen LogP contribution in [0.5, 0.6) is 0 Å². The predicted molar refractivity (Wildman–Crippen MR) is 79.4 cm³/mol. The van der Waals surface area contributed by atoms with E-state index in [9.17, 15) is 4.79 Å². The lowest BCUT2D eigenvalue weighted by Crippen LogP contribution is -2.09. The molecule has 1 atom stereocenters. The minimum Gasteiger partial charge on any atom is -0.463 e. The standard InChI is InChI=1S/C17H16N2O2/c1-12(20)15-10-16(21-13(15)2)17(19-9-8-18-11-19)14-6-4-3-5-7-14/h3-11,17H,1-2H3. The SMILES string of the molecule is CC(=O)c1cc(C(c2ccccc2)n2ccnc2)oc1C. The van der Waals surface area contributed by atoms with E-state index >= 15 is 0 Å². The van der Waals surface area contributed by atoms with Crippen molar-refractivity contribution in [2.24, 2.45) is 0 Å². The van der Waals surface area contributed by atoms with Crippen LogP contribution in [-0.4, -0.2) is 15.3 Å². The number of carbonyl (C=O) groups excluding carboxylic acids is 1. The Kier molecular flexibility index (Phi) is 3.44. The minimum atomic E-state index is -0.125. The Morgan fingerprint density at radius 2 is 2.05 bits per heavy atom. The van der Waals surface area contributed by atoms with Gasteiger partial charge in [0.2, 0.25) is 0 Å². The van der Waals surface area contributed by atoms with Crippen LogP contribution in [0.2, 0.25) is 0 Å². The highest BCUT2D eigenvalue weighted by atomic mass is 16.3. The molecule has 0 saturated carbocycles. The molecule has 0 fully saturated rings. The summed E-state index contributed by atoms with van der Waals surface area (Å²) in [5.41, 5.74) is 1.71. The Morgan fingerprint density at radius 3 is 2.62 bits per heavy atom. The van der Waals surface area contributed by atoms with Crippen LogP contribution in [0.4, 0.5) is 0 Å². The Bertz CT molecular complexity index is 742. The van der Waals surface area contributed by atoms with Crippen molar-refractivity contribution < 1.29 is 9.21 Å². The molecule has 3 rings (SSSR count). The molecule has 4 nitrogen and oxygen atoms in total. The second-order valence-electron chi connectivity index (χ2n) is 5.00. The maximum atomic E-state index is 11.6. The number of benzene rings is 1. The van der Waals surface area contributed by atoms with Gasteiger partial charge >= 0.3 is 0 Å². The van der Waals surface area contributed by atoms with Gasteiger partial charge in [-0.1, -0.05) is 30.3 Å². The largest absolute Gasteiger partial charge is 0.463 e. The van der Waals surface area contributed by atoms with Gasteiger partial charge in [0.15, 0.2) is 5.78 Å². The van der Waals surface area contributed by atoms with Crippen molar-refractivity contribution in [2.75, 3.05) is 0 Å². The molecule has 0 N–H and O–H groups in total. The molecule has 0 spiro atoms. The molecule has 0 aliphatic heterocycles. The Balaban J connectivity index is 2.12. The van der Waals surface area contributed by atoms with E-state index in [-0.39, 0.29) is 11.8 Å². The van der Waals surface area contributed by atoms with Crippen molar-refractivity contribution >= 4 is 5.78 Å². The maximum absolute atomic E-state index is 11.6. The van der Waals surface area contributed by atoms with Crippen LogP contribution in [0.25, 0.3) is 0 Å². The van der Waals surface area contributed by atoms with E-state index in [4.69, 9.17) is 4.42 Å². The monoisotopic (exact) mass is 280 g/mol. The fourth-order valence-corrected chi connectivity index (χ4v) is 2.53. The molecule has 0 amide bonds. The first kappa shape index (κ1) is 13.4. The van der Waals surface area contributed by atoms with Gasteiger partial charge in [0, 0.05) is 12.4 Å². The van der Waals surface area contributed by atoms with Crippen molar-refractivity contribution in [1.82, 2.24) is 9.55 Å². The van der Waals surface area contributed by atoms with Gasteiger partial charge in [0.1, 0.15) is 17.6 Å². The third-order valence-electron chi connectivity index (χ3n) is 3.52.